The van der Waals surface area contributed by atoms with Gasteiger partial charge in [0.15, 0.2) is 5.75 Å². The SMILES string of the molecule is CO/C=C(/C(=O)O)c1ccccc1/C=C/C=C/c1cccc(OC)c1[N+](=O)[O-]. The van der Waals surface area contributed by atoms with Crippen LogP contribution in [-0.4, -0.2) is 30.2 Å². The molecule has 7 heteroatoms. The van der Waals surface area contributed by atoms with Crippen LogP contribution in [0.2, 0.25) is 0 Å². The number of ether oxygens (including phenoxy) is 2. The lowest BCUT2D eigenvalue weighted by Gasteiger charge is -2.06. The number of hydrogen-bond acceptors (Lipinski definition) is 5. The molecule has 0 amide bonds. The Morgan fingerprint density at radius 2 is 1.68 bits per heavy atom. The first kappa shape index (κ1) is 20.4. The molecule has 0 atom stereocenters. The van der Waals surface area contributed by atoms with Crippen molar-refractivity contribution in [1.29, 1.82) is 0 Å². The molecule has 2 aromatic rings. The minimum Gasteiger partial charge on any atom is -0.503 e. The number of para-hydroxylation sites is 1. The van der Waals surface area contributed by atoms with Crippen molar-refractivity contribution in [3.05, 3.63) is 87.7 Å². The van der Waals surface area contributed by atoms with E-state index >= 15 is 0 Å². The molecule has 0 fully saturated rings. The van der Waals surface area contributed by atoms with Gasteiger partial charge in [-0.3, -0.25) is 10.1 Å². The highest BCUT2D eigenvalue weighted by Gasteiger charge is 2.18. The Morgan fingerprint density at radius 3 is 2.29 bits per heavy atom. The second-order valence-corrected chi connectivity index (χ2v) is 5.53. The smallest absolute Gasteiger partial charge is 0.339 e. The van der Waals surface area contributed by atoms with Crippen molar-refractivity contribution in [3.8, 4) is 5.75 Å². The number of aliphatic carboxylic acids is 1. The molecule has 0 radical (unpaired) electrons. The molecule has 144 valence electrons. The van der Waals surface area contributed by atoms with E-state index in [1.807, 2.05) is 0 Å². The van der Waals surface area contributed by atoms with E-state index in [0.717, 1.165) is 0 Å². The Morgan fingerprint density at radius 1 is 1.04 bits per heavy atom. The van der Waals surface area contributed by atoms with Crippen LogP contribution < -0.4 is 4.74 Å². The molecule has 0 spiro atoms. The Hall–Kier alpha value is -3.87. The van der Waals surface area contributed by atoms with Crippen molar-refractivity contribution in [1.82, 2.24) is 0 Å². The number of allylic oxidation sites excluding steroid dienone is 2. The summed E-state index contributed by atoms with van der Waals surface area (Å²) in [6, 6.07) is 11.8. The number of carbonyl (C=O) groups is 1. The topological polar surface area (TPSA) is 98.9 Å². The van der Waals surface area contributed by atoms with Gasteiger partial charge in [-0.1, -0.05) is 48.6 Å². The van der Waals surface area contributed by atoms with Crippen LogP contribution in [0.25, 0.3) is 17.7 Å². The number of nitro benzene ring substituents is 1. The van der Waals surface area contributed by atoms with Gasteiger partial charge in [0, 0.05) is 0 Å². The average Bonchev–Trinajstić information content (AvgIpc) is 2.69. The van der Waals surface area contributed by atoms with Gasteiger partial charge in [-0.2, -0.15) is 0 Å². The van der Waals surface area contributed by atoms with Crippen LogP contribution in [0.3, 0.4) is 0 Å². The number of nitro groups is 1. The first-order chi connectivity index (χ1) is 13.5. The normalized spacial score (nSPS) is 11.7. The van der Waals surface area contributed by atoms with E-state index in [1.54, 1.807) is 60.7 Å². The Bertz CT molecular complexity index is 959. The van der Waals surface area contributed by atoms with Crippen molar-refractivity contribution < 1.29 is 24.3 Å². The summed E-state index contributed by atoms with van der Waals surface area (Å²) < 4.78 is 9.90. The Labute approximate surface area is 162 Å². The number of carboxylic acid groups (broad SMARTS) is 1. The highest BCUT2D eigenvalue weighted by atomic mass is 16.6. The monoisotopic (exact) mass is 381 g/mol. The maximum absolute atomic E-state index is 11.5. The second-order valence-electron chi connectivity index (χ2n) is 5.53. The first-order valence-electron chi connectivity index (χ1n) is 8.21. The summed E-state index contributed by atoms with van der Waals surface area (Å²) in [5.41, 5.74) is 1.46. The number of carboxylic acids is 1. The Kier molecular flexibility index (Phi) is 7.10. The molecule has 2 rings (SSSR count). The minimum absolute atomic E-state index is 0.0233. The van der Waals surface area contributed by atoms with Crippen LogP contribution >= 0.6 is 0 Å². The van der Waals surface area contributed by atoms with E-state index in [2.05, 4.69) is 0 Å². The van der Waals surface area contributed by atoms with Crippen LogP contribution in [0.1, 0.15) is 16.7 Å². The molecule has 0 saturated heterocycles. The van der Waals surface area contributed by atoms with E-state index in [0.29, 0.717) is 16.7 Å². The van der Waals surface area contributed by atoms with E-state index in [9.17, 15) is 20.0 Å². The molecule has 0 heterocycles. The second kappa shape index (κ2) is 9.72. The lowest BCUT2D eigenvalue weighted by molar-refractivity contribution is -0.386. The molecule has 28 heavy (non-hydrogen) atoms. The van der Waals surface area contributed by atoms with Gasteiger partial charge in [-0.05, 0) is 29.3 Å². The van der Waals surface area contributed by atoms with E-state index in [-0.39, 0.29) is 17.0 Å². The van der Waals surface area contributed by atoms with Crippen LogP contribution in [0.5, 0.6) is 5.75 Å². The third-order valence-corrected chi connectivity index (χ3v) is 3.81. The van der Waals surface area contributed by atoms with Crippen LogP contribution in [0, 0.1) is 10.1 Å². The molecule has 2 aromatic carbocycles. The van der Waals surface area contributed by atoms with Crippen LogP contribution in [-0.2, 0) is 9.53 Å². The highest BCUT2D eigenvalue weighted by Crippen LogP contribution is 2.31. The summed E-state index contributed by atoms with van der Waals surface area (Å²) in [7, 11) is 2.76. The molecule has 1 N–H and O–H groups in total. The molecule has 0 aliphatic carbocycles. The first-order valence-corrected chi connectivity index (χ1v) is 8.21. The molecule has 7 nitrogen and oxygen atoms in total. The van der Waals surface area contributed by atoms with Gasteiger partial charge in [-0.25, -0.2) is 4.79 Å². The fourth-order valence-corrected chi connectivity index (χ4v) is 2.59. The average molecular weight is 381 g/mol. The van der Waals surface area contributed by atoms with Gasteiger partial charge < -0.3 is 14.6 Å². The molecule has 0 aromatic heterocycles. The summed E-state index contributed by atoms with van der Waals surface area (Å²) in [4.78, 5) is 22.3. The van der Waals surface area contributed by atoms with Gasteiger partial charge in [0.2, 0.25) is 0 Å². The maximum atomic E-state index is 11.5. The number of rotatable bonds is 8. The zero-order valence-electron chi connectivity index (χ0n) is 15.4. The summed E-state index contributed by atoms with van der Waals surface area (Å²) in [6.07, 6.45) is 7.78. The number of hydrogen-bond donors (Lipinski definition) is 1. The zero-order chi connectivity index (χ0) is 20.5. The van der Waals surface area contributed by atoms with Gasteiger partial charge in [-0.15, -0.1) is 0 Å². The predicted molar refractivity (Wildman–Crippen MR) is 107 cm³/mol. The van der Waals surface area contributed by atoms with Gasteiger partial charge in [0.05, 0.1) is 31.0 Å². The van der Waals surface area contributed by atoms with Gasteiger partial charge in [0.1, 0.15) is 5.57 Å². The standard InChI is InChI=1S/C21H19NO6/c1-27-14-18(21(23)24)17-12-6-5-9-15(17)8-3-4-10-16-11-7-13-19(28-2)20(16)22(25)26/h3-14H,1-2H3,(H,23,24)/b8-3+,10-4+,18-14+. The quantitative estimate of drug-likeness (QED) is 0.239. The van der Waals surface area contributed by atoms with Crippen LogP contribution in [0.15, 0.2) is 60.9 Å². The molecule has 0 saturated carbocycles. The molecule has 0 aliphatic rings. The van der Waals surface area contributed by atoms with E-state index in [4.69, 9.17) is 9.47 Å². The van der Waals surface area contributed by atoms with E-state index < -0.39 is 10.9 Å². The van der Waals surface area contributed by atoms with Gasteiger partial charge in [0.25, 0.3) is 0 Å². The summed E-state index contributed by atoms with van der Waals surface area (Å²) in [5.74, 6) is -0.928. The molecule has 0 bridgehead atoms. The number of methoxy groups -OCH3 is 2. The van der Waals surface area contributed by atoms with Crippen molar-refractivity contribution in [3.63, 3.8) is 0 Å². The predicted octanol–water partition coefficient (Wildman–Crippen LogP) is 4.40. The lowest BCUT2D eigenvalue weighted by atomic mass is 10.00. The number of nitrogens with zero attached hydrogens (tertiary/aromatic N) is 1. The summed E-state index contributed by atoms with van der Waals surface area (Å²) in [5, 5.41) is 20.7. The molecular formula is C21H19NO6. The van der Waals surface area contributed by atoms with Crippen molar-refractivity contribution in [2.45, 2.75) is 0 Å². The van der Waals surface area contributed by atoms with Crippen LogP contribution in [0.4, 0.5) is 5.69 Å². The van der Waals surface area contributed by atoms with E-state index in [1.165, 1.54) is 26.5 Å². The molecule has 0 aliphatic heterocycles. The Balaban J connectivity index is 2.34. The summed E-state index contributed by atoms with van der Waals surface area (Å²) in [6.45, 7) is 0. The lowest BCUT2D eigenvalue weighted by Crippen LogP contribution is -2.02. The van der Waals surface area contributed by atoms with Gasteiger partial charge >= 0.3 is 11.7 Å². The highest BCUT2D eigenvalue weighted by molar-refractivity contribution is 6.16. The third-order valence-electron chi connectivity index (χ3n) is 3.81. The summed E-state index contributed by atoms with van der Waals surface area (Å²) >= 11 is 0. The van der Waals surface area contributed by atoms with Crippen molar-refractivity contribution in [2.24, 2.45) is 0 Å². The largest absolute Gasteiger partial charge is 0.503 e. The zero-order valence-corrected chi connectivity index (χ0v) is 15.4. The molecular weight excluding hydrogens is 362 g/mol. The fourth-order valence-electron chi connectivity index (χ4n) is 2.59. The van der Waals surface area contributed by atoms with Crippen molar-refractivity contribution >= 4 is 29.4 Å². The molecule has 0 unspecified atom stereocenters. The maximum Gasteiger partial charge on any atom is 0.339 e. The number of benzene rings is 2. The third kappa shape index (κ3) is 4.85. The minimum atomic E-state index is -1.11. The van der Waals surface area contributed by atoms with Crippen molar-refractivity contribution in [2.75, 3.05) is 14.2 Å². The fraction of sp³-hybridized carbons (Fsp3) is 0.0952.